The maximum Gasteiger partial charge on any atom is 0.250 e. The summed E-state index contributed by atoms with van der Waals surface area (Å²) in [6.07, 6.45) is 0. The van der Waals surface area contributed by atoms with Crippen LogP contribution >= 0.6 is 11.3 Å². The smallest absolute Gasteiger partial charge is 0.250 e. The van der Waals surface area contributed by atoms with Crippen LogP contribution < -0.4 is 10.5 Å². The molecule has 0 unspecified atom stereocenters. The van der Waals surface area contributed by atoms with Crippen LogP contribution in [0.1, 0.15) is 25.6 Å². The summed E-state index contributed by atoms with van der Waals surface area (Å²) in [5.74, 6) is 0. The van der Waals surface area contributed by atoms with Crippen LogP contribution in [0.4, 0.5) is 0 Å². The van der Waals surface area contributed by atoms with Crippen molar-refractivity contribution in [3.05, 3.63) is 17.0 Å². The second kappa shape index (κ2) is 4.21. The first-order valence-electron chi connectivity index (χ1n) is 4.57. The van der Waals surface area contributed by atoms with Crippen LogP contribution in [-0.4, -0.2) is 14.0 Å². The fourth-order valence-electron chi connectivity index (χ4n) is 1.07. The van der Waals surface area contributed by atoms with E-state index in [0.717, 1.165) is 4.88 Å². The van der Waals surface area contributed by atoms with Gasteiger partial charge in [0.2, 0.25) is 0 Å². The van der Waals surface area contributed by atoms with Crippen molar-refractivity contribution in [2.75, 3.05) is 0 Å². The van der Waals surface area contributed by atoms with E-state index in [-0.39, 0.29) is 0 Å². The minimum Gasteiger partial charge on any atom is -0.326 e. The largest absolute Gasteiger partial charge is 0.326 e. The highest BCUT2D eigenvalue weighted by Gasteiger charge is 2.23. The lowest BCUT2D eigenvalue weighted by Crippen LogP contribution is -2.40. The zero-order valence-electron chi connectivity index (χ0n) is 9.07. The quantitative estimate of drug-likeness (QED) is 0.846. The van der Waals surface area contributed by atoms with Crippen molar-refractivity contribution < 1.29 is 8.42 Å². The monoisotopic (exact) mass is 248 g/mol. The molecule has 0 aliphatic rings. The van der Waals surface area contributed by atoms with Gasteiger partial charge in [-0.2, -0.15) is 0 Å². The van der Waals surface area contributed by atoms with E-state index < -0.39 is 15.6 Å². The molecule has 15 heavy (non-hydrogen) atoms. The van der Waals surface area contributed by atoms with Crippen LogP contribution in [0, 0.1) is 0 Å². The summed E-state index contributed by atoms with van der Waals surface area (Å²) in [6, 6.07) is 3.32. The van der Waals surface area contributed by atoms with Crippen molar-refractivity contribution in [2.45, 2.75) is 37.1 Å². The van der Waals surface area contributed by atoms with Gasteiger partial charge in [-0.25, -0.2) is 13.1 Å². The van der Waals surface area contributed by atoms with Gasteiger partial charge in [-0.1, -0.05) is 0 Å². The van der Waals surface area contributed by atoms with Crippen molar-refractivity contribution in [1.82, 2.24) is 4.72 Å². The van der Waals surface area contributed by atoms with Crippen molar-refractivity contribution in [3.63, 3.8) is 0 Å². The second-order valence-electron chi connectivity index (χ2n) is 4.28. The molecule has 0 saturated heterocycles. The van der Waals surface area contributed by atoms with Gasteiger partial charge in [0.05, 0.1) is 0 Å². The van der Waals surface area contributed by atoms with E-state index in [4.69, 9.17) is 5.73 Å². The second-order valence-corrected chi connectivity index (χ2v) is 7.36. The molecule has 0 aliphatic heterocycles. The molecule has 0 amide bonds. The van der Waals surface area contributed by atoms with E-state index in [1.54, 1.807) is 12.1 Å². The van der Waals surface area contributed by atoms with Gasteiger partial charge >= 0.3 is 0 Å². The lowest BCUT2D eigenvalue weighted by atomic mass is 10.1. The SMILES string of the molecule is CC(C)(C)NS(=O)(=O)c1ccc(CN)s1. The first kappa shape index (κ1) is 12.6. The number of hydrogen-bond acceptors (Lipinski definition) is 4. The van der Waals surface area contributed by atoms with Crippen LogP contribution in [0.25, 0.3) is 0 Å². The molecule has 0 saturated carbocycles. The lowest BCUT2D eigenvalue weighted by molar-refractivity contribution is 0.492. The van der Waals surface area contributed by atoms with Crippen LogP contribution in [0.3, 0.4) is 0 Å². The Morgan fingerprint density at radius 3 is 2.40 bits per heavy atom. The zero-order valence-corrected chi connectivity index (χ0v) is 10.7. The van der Waals surface area contributed by atoms with Crippen molar-refractivity contribution >= 4 is 21.4 Å². The third kappa shape index (κ3) is 3.57. The minimum atomic E-state index is -3.39. The fourth-order valence-corrected chi connectivity index (χ4v) is 3.72. The molecule has 0 atom stereocenters. The molecule has 1 rings (SSSR count). The molecule has 0 aliphatic carbocycles. The third-order valence-corrected chi connectivity index (χ3v) is 4.90. The summed E-state index contributed by atoms with van der Waals surface area (Å²) in [5, 5.41) is 0. The Bertz CT molecular complexity index is 429. The van der Waals surface area contributed by atoms with E-state index in [1.165, 1.54) is 11.3 Å². The summed E-state index contributed by atoms with van der Waals surface area (Å²) in [6.45, 7) is 5.79. The molecule has 86 valence electrons. The van der Waals surface area contributed by atoms with Crippen molar-refractivity contribution in [1.29, 1.82) is 0 Å². The van der Waals surface area contributed by atoms with E-state index in [0.29, 0.717) is 10.8 Å². The number of hydrogen-bond donors (Lipinski definition) is 2. The number of nitrogens with two attached hydrogens (primary N) is 1. The van der Waals surface area contributed by atoms with Crippen LogP contribution in [-0.2, 0) is 16.6 Å². The summed E-state index contributed by atoms with van der Waals surface area (Å²) in [5.41, 5.74) is 4.96. The molecular weight excluding hydrogens is 232 g/mol. The average Bonchev–Trinajstić information content (AvgIpc) is 2.47. The fraction of sp³-hybridized carbons (Fsp3) is 0.556. The van der Waals surface area contributed by atoms with Crippen molar-refractivity contribution in [2.24, 2.45) is 5.73 Å². The van der Waals surface area contributed by atoms with E-state index in [1.807, 2.05) is 20.8 Å². The predicted molar refractivity (Wildman–Crippen MR) is 62.3 cm³/mol. The molecule has 1 heterocycles. The van der Waals surface area contributed by atoms with Crippen LogP contribution in [0.15, 0.2) is 16.3 Å². The Kier molecular flexibility index (Phi) is 3.55. The first-order valence-corrected chi connectivity index (χ1v) is 6.87. The minimum absolute atomic E-state index is 0.317. The average molecular weight is 248 g/mol. The van der Waals surface area contributed by atoms with Gasteiger partial charge in [0, 0.05) is 17.0 Å². The van der Waals surface area contributed by atoms with Gasteiger partial charge < -0.3 is 5.73 Å². The highest BCUT2D eigenvalue weighted by Crippen LogP contribution is 2.22. The molecule has 1 aromatic rings. The van der Waals surface area contributed by atoms with E-state index in [9.17, 15) is 8.42 Å². The van der Waals surface area contributed by atoms with Gasteiger partial charge in [-0.3, -0.25) is 0 Å². The molecule has 0 aromatic carbocycles. The Labute approximate surface area is 94.5 Å². The number of sulfonamides is 1. The van der Waals surface area contributed by atoms with Gasteiger partial charge in [-0.15, -0.1) is 11.3 Å². The van der Waals surface area contributed by atoms with Crippen LogP contribution in [0.5, 0.6) is 0 Å². The highest BCUT2D eigenvalue weighted by atomic mass is 32.2. The molecule has 0 radical (unpaired) electrons. The van der Waals surface area contributed by atoms with E-state index >= 15 is 0 Å². The molecule has 0 fully saturated rings. The molecule has 1 aromatic heterocycles. The van der Waals surface area contributed by atoms with Gasteiger partial charge in [0.15, 0.2) is 0 Å². The van der Waals surface area contributed by atoms with Crippen molar-refractivity contribution in [3.8, 4) is 0 Å². The molecule has 0 spiro atoms. The normalized spacial score (nSPS) is 13.1. The van der Waals surface area contributed by atoms with Gasteiger partial charge in [-0.05, 0) is 32.9 Å². The molecule has 6 heteroatoms. The Morgan fingerprint density at radius 2 is 2.00 bits per heavy atom. The van der Waals surface area contributed by atoms with Gasteiger partial charge in [0.1, 0.15) is 4.21 Å². The summed E-state index contributed by atoms with van der Waals surface area (Å²) in [7, 11) is -3.39. The summed E-state index contributed by atoms with van der Waals surface area (Å²) in [4.78, 5) is 0.865. The molecule has 3 N–H and O–H groups in total. The maximum atomic E-state index is 11.8. The van der Waals surface area contributed by atoms with Gasteiger partial charge in [0.25, 0.3) is 10.0 Å². The standard InChI is InChI=1S/C9H16N2O2S2/c1-9(2,3)11-15(12,13)8-5-4-7(6-10)14-8/h4-5,11H,6,10H2,1-3H3. The molecular formula is C9H16N2O2S2. The predicted octanol–water partition coefficient (Wildman–Crippen LogP) is 1.28. The maximum absolute atomic E-state index is 11.8. The number of nitrogens with one attached hydrogen (secondary N) is 1. The van der Waals surface area contributed by atoms with Crippen LogP contribution in [0.2, 0.25) is 0 Å². The lowest BCUT2D eigenvalue weighted by Gasteiger charge is -2.19. The zero-order chi connectivity index (χ0) is 11.7. The molecule has 0 bridgehead atoms. The number of thiophene rings is 1. The Hall–Kier alpha value is -0.430. The molecule has 4 nitrogen and oxygen atoms in total. The topological polar surface area (TPSA) is 72.2 Å². The van der Waals surface area contributed by atoms with E-state index in [2.05, 4.69) is 4.72 Å². The summed E-state index contributed by atoms with van der Waals surface area (Å²) >= 11 is 1.21. The first-order chi connectivity index (χ1) is 6.74. The third-order valence-electron chi connectivity index (χ3n) is 1.54. The summed E-state index contributed by atoms with van der Waals surface area (Å²) < 4.78 is 26.6. The number of rotatable bonds is 3. The Balaban J connectivity index is 2.96. The highest BCUT2D eigenvalue weighted by molar-refractivity contribution is 7.91. The Morgan fingerprint density at radius 1 is 1.40 bits per heavy atom.